The molecule has 0 amide bonds. The standard InChI is InChI=1S/C9H8ClN3O/c1-11-6-4-7(10)13-5-2-3-12-9(14)8(5)6/h2-4H,1H3,(H,11,13)(H,12,14). The van der Waals surface area contributed by atoms with Crippen LogP contribution in [0.25, 0.3) is 10.9 Å². The molecule has 0 aromatic carbocycles. The lowest BCUT2D eigenvalue weighted by Gasteiger charge is -2.04. The number of nitrogens with zero attached hydrogens (tertiary/aromatic N) is 1. The fraction of sp³-hybridized carbons (Fsp3) is 0.111. The number of nitrogens with one attached hydrogen (secondary N) is 2. The van der Waals surface area contributed by atoms with Crippen LogP contribution in [0, 0.1) is 0 Å². The zero-order valence-electron chi connectivity index (χ0n) is 7.47. The van der Waals surface area contributed by atoms with Gasteiger partial charge < -0.3 is 10.3 Å². The third-order valence-corrected chi connectivity index (χ3v) is 2.16. The molecule has 2 rings (SSSR count). The van der Waals surface area contributed by atoms with Crippen molar-refractivity contribution < 1.29 is 0 Å². The Kier molecular flexibility index (Phi) is 2.13. The van der Waals surface area contributed by atoms with Gasteiger partial charge in [0.1, 0.15) is 5.15 Å². The minimum atomic E-state index is -0.170. The zero-order valence-corrected chi connectivity index (χ0v) is 8.22. The number of fused-ring (bicyclic) bond motifs is 1. The molecule has 2 aromatic rings. The van der Waals surface area contributed by atoms with E-state index in [-0.39, 0.29) is 5.56 Å². The number of pyridine rings is 2. The van der Waals surface area contributed by atoms with Gasteiger partial charge in [0.2, 0.25) is 0 Å². The van der Waals surface area contributed by atoms with Crippen molar-refractivity contribution in [3.05, 3.63) is 33.8 Å². The highest BCUT2D eigenvalue weighted by atomic mass is 35.5. The van der Waals surface area contributed by atoms with Crippen molar-refractivity contribution in [2.75, 3.05) is 12.4 Å². The van der Waals surface area contributed by atoms with Crippen molar-refractivity contribution in [1.29, 1.82) is 0 Å². The summed E-state index contributed by atoms with van der Waals surface area (Å²) in [5, 5.41) is 3.80. The lowest BCUT2D eigenvalue weighted by molar-refractivity contribution is 1.25. The summed E-state index contributed by atoms with van der Waals surface area (Å²) in [6.07, 6.45) is 1.55. The van der Waals surface area contributed by atoms with Gasteiger partial charge in [-0.15, -0.1) is 0 Å². The van der Waals surface area contributed by atoms with E-state index in [0.717, 1.165) is 0 Å². The van der Waals surface area contributed by atoms with Crippen LogP contribution in [0.1, 0.15) is 0 Å². The van der Waals surface area contributed by atoms with Gasteiger partial charge in [-0.05, 0) is 12.1 Å². The van der Waals surface area contributed by atoms with Crippen LogP contribution < -0.4 is 10.9 Å². The van der Waals surface area contributed by atoms with Crippen LogP contribution in [0.4, 0.5) is 5.69 Å². The Hall–Kier alpha value is -1.55. The summed E-state index contributed by atoms with van der Waals surface area (Å²) in [7, 11) is 1.73. The monoisotopic (exact) mass is 209 g/mol. The lowest BCUT2D eigenvalue weighted by Crippen LogP contribution is -2.08. The fourth-order valence-electron chi connectivity index (χ4n) is 1.36. The second kappa shape index (κ2) is 3.31. The highest BCUT2D eigenvalue weighted by Gasteiger charge is 2.06. The van der Waals surface area contributed by atoms with Crippen LogP contribution in [-0.2, 0) is 0 Å². The van der Waals surface area contributed by atoms with E-state index in [4.69, 9.17) is 11.6 Å². The Bertz CT molecular complexity index is 535. The van der Waals surface area contributed by atoms with Gasteiger partial charge in [-0.2, -0.15) is 0 Å². The molecule has 0 saturated carbocycles. The summed E-state index contributed by atoms with van der Waals surface area (Å²) in [5.74, 6) is 0. The van der Waals surface area contributed by atoms with E-state index in [2.05, 4.69) is 15.3 Å². The first kappa shape index (κ1) is 9.02. The molecule has 2 heterocycles. The van der Waals surface area contributed by atoms with Crippen molar-refractivity contribution in [3.63, 3.8) is 0 Å². The highest BCUT2D eigenvalue weighted by molar-refractivity contribution is 6.30. The maximum atomic E-state index is 11.5. The van der Waals surface area contributed by atoms with E-state index in [1.54, 1.807) is 25.4 Å². The predicted molar refractivity (Wildman–Crippen MR) is 56.9 cm³/mol. The molecule has 0 saturated heterocycles. The van der Waals surface area contributed by atoms with Crippen molar-refractivity contribution in [2.45, 2.75) is 0 Å². The maximum absolute atomic E-state index is 11.5. The average molecular weight is 210 g/mol. The lowest BCUT2D eigenvalue weighted by atomic mass is 10.2. The zero-order chi connectivity index (χ0) is 10.1. The van der Waals surface area contributed by atoms with Crippen molar-refractivity contribution in [1.82, 2.24) is 9.97 Å². The molecule has 2 N–H and O–H groups in total. The quantitative estimate of drug-likeness (QED) is 0.702. The molecule has 5 heteroatoms. The van der Waals surface area contributed by atoms with Crippen LogP contribution in [0.2, 0.25) is 5.15 Å². The number of rotatable bonds is 1. The fourth-order valence-corrected chi connectivity index (χ4v) is 1.56. The van der Waals surface area contributed by atoms with Crippen LogP contribution in [0.3, 0.4) is 0 Å². The number of H-pyrrole nitrogens is 1. The molecule has 0 atom stereocenters. The van der Waals surface area contributed by atoms with Crippen LogP contribution in [0.5, 0.6) is 0 Å². The van der Waals surface area contributed by atoms with E-state index in [1.807, 2.05) is 0 Å². The summed E-state index contributed by atoms with van der Waals surface area (Å²) >= 11 is 5.79. The molecule has 0 aliphatic rings. The Balaban J connectivity index is 2.96. The van der Waals surface area contributed by atoms with Gasteiger partial charge in [0.15, 0.2) is 0 Å². The molecule has 0 spiro atoms. The Morgan fingerprint density at radius 3 is 3.07 bits per heavy atom. The van der Waals surface area contributed by atoms with Gasteiger partial charge in [-0.1, -0.05) is 11.6 Å². The van der Waals surface area contributed by atoms with Crippen molar-refractivity contribution in [3.8, 4) is 0 Å². The molecule has 14 heavy (non-hydrogen) atoms. The smallest absolute Gasteiger partial charge is 0.259 e. The molecule has 72 valence electrons. The molecule has 0 aliphatic carbocycles. The minimum Gasteiger partial charge on any atom is -0.387 e. The summed E-state index contributed by atoms with van der Waals surface area (Å²) in [4.78, 5) is 18.1. The van der Waals surface area contributed by atoms with E-state index >= 15 is 0 Å². The summed E-state index contributed by atoms with van der Waals surface area (Å²) < 4.78 is 0. The highest BCUT2D eigenvalue weighted by Crippen LogP contribution is 2.21. The maximum Gasteiger partial charge on any atom is 0.259 e. The first-order valence-corrected chi connectivity index (χ1v) is 4.46. The first-order chi connectivity index (χ1) is 6.72. The van der Waals surface area contributed by atoms with Crippen molar-refractivity contribution in [2.24, 2.45) is 0 Å². The van der Waals surface area contributed by atoms with Gasteiger partial charge in [-0.25, -0.2) is 4.98 Å². The number of anilines is 1. The van der Waals surface area contributed by atoms with E-state index in [9.17, 15) is 4.79 Å². The Morgan fingerprint density at radius 2 is 2.36 bits per heavy atom. The van der Waals surface area contributed by atoms with Crippen LogP contribution in [0.15, 0.2) is 23.1 Å². The molecular weight excluding hydrogens is 202 g/mol. The number of aromatic amines is 1. The van der Waals surface area contributed by atoms with E-state index in [1.165, 1.54) is 0 Å². The molecule has 0 unspecified atom stereocenters. The molecular formula is C9H8ClN3O. The van der Waals surface area contributed by atoms with Crippen LogP contribution >= 0.6 is 11.6 Å². The molecule has 2 aromatic heterocycles. The van der Waals surface area contributed by atoms with Crippen LogP contribution in [-0.4, -0.2) is 17.0 Å². The largest absolute Gasteiger partial charge is 0.387 e. The van der Waals surface area contributed by atoms with Gasteiger partial charge in [0.25, 0.3) is 5.56 Å². The topological polar surface area (TPSA) is 57.8 Å². The number of aromatic nitrogens is 2. The van der Waals surface area contributed by atoms with E-state index in [0.29, 0.717) is 21.7 Å². The van der Waals surface area contributed by atoms with Crippen molar-refractivity contribution >= 4 is 28.2 Å². The molecule has 0 aliphatic heterocycles. The molecule has 0 radical (unpaired) electrons. The summed E-state index contributed by atoms with van der Waals surface area (Å²) in [6.45, 7) is 0. The third kappa shape index (κ3) is 1.33. The Morgan fingerprint density at radius 1 is 1.57 bits per heavy atom. The minimum absolute atomic E-state index is 0.170. The number of halogens is 1. The number of hydrogen-bond donors (Lipinski definition) is 2. The number of hydrogen-bond acceptors (Lipinski definition) is 3. The first-order valence-electron chi connectivity index (χ1n) is 4.08. The normalized spacial score (nSPS) is 10.4. The second-order valence-electron chi connectivity index (χ2n) is 2.81. The van der Waals surface area contributed by atoms with Gasteiger partial charge >= 0.3 is 0 Å². The molecule has 0 fully saturated rings. The summed E-state index contributed by atoms with van der Waals surface area (Å²) in [5.41, 5.74) is 1.10. The van der Waals surface area contributed by atoms with Gasteiger partial charge in [0.05, 0.1) is 16.6 Å². The van der Waals surface area contributed by atoms with Gasteiger partial charge in [-0.3, -0.25) is 4.79 Å². The molecule has 0 bridgehead atoms. The molecule has 4 nitrogen and oxygen atoms in total. The predicted octanol–water partition coefficient (Wildman–Crippen LogP) is 1.62. The van der Waals surface area contributed by atoms with Gasteiger partial charge in [0, 0.05) is 13.2 Å². The Labute approximate surface area is 84.9 Å². The SMILES string of the molecule is CNc1cc(Cl)nc2cc[nH]c(=O)c12. The third-order valence-electron chi connectivity index (χ3n) is 1.97. The summed E-state index contributed by atoms with van der Waals surface area (Å²) in [6, 6.07) is 3.34. The average Bonchev–Trinajstić information content (AvgIpc) is 2.16. The van der Waals surface area contributed by atoms with E-state index < -0.39 is 0 Å². The second-order valence-corrected chi connectivity index (χ2v) is 3.20.